The van der Waals surface area contributed by atoms with Crippen LogP contribution in [0.25, 0.3) is 22.3 Å². The van der Waals surface area contributed by atoms with Gasteiger partial charge in [0.05, 0.1) is 11.4 Å². The first-order chi connectivity index (χ1) is 8.22. The minimum atomic E-state index is 0.727. The van der Waals surface area contributed by atoms with Crippen molar-refractivity contribution in [1.29, 1.82) is 0 Å². The number of benzene rings is 1. The van der Waals surface area contributed by atoms with Crippen molar-refractivity contribution in [3.8, 4) is 11.4 Å². The molecule has 0 bridgehead atoms. The van der Waals surface area contributed by atoms with E-state index in [1.807, 2.05) is 6.07 Å². The van der Waals surface area contributed by atoms with Crippen LogP contribution in [0, 0.1) is 6.92 Å². The number of anilines is 1. The largest absolute Gasteiger partial charge is 0.399 e. The van der Waals surface area contributed by atoms with Crippen LogP contribution in [-0.4, -0.2) is 9.97 Å². The number of nitrogens with one attached hydrogen (secondary N) is 1. The fourth-order valence-electron chi connectivity index (χ4n) is 1.98. The summed E-state index contributed by atoms with van der Waals surface area (Å²) in [5.41, 5.74) is 10.7. The lowest BCUT2D eigenvalue weighted by Crippen LogP contribution is -1.88. The van der Waals surface area contributed by atoms with Gasteiger partial charge in [-0.2, -0.15) is 0 Å². The molecule has 0 aliphatic carbocycles. The predicted molar refractivity (Wildman–Crippen MR) is 70.7 cm³/mol. The zero-order valence-corrected chi connectivity index (χ0v) is 9.57. The molecule has 17 heavy (non-hydrogen) atoms. The minimum absolute atomic E-state index is 0.727. The molecule has 0 radical (unpaired) electrons. The molecule has 3 N–H and O–H groups in total. The number of nitrogens with zero attached hydrogens (tertiary/aromatic N) is 1. The lowest BCUT2D eigenvalue weighted by atomic mass is 10.2. The van der Waals surface area contributed by atoms with Gasteiger partial charge in [0.25, 0.3) is 0 Å². The molecule has 3 rings (SSSR count). The third kappa shape index (κ3) is 1.76. The predicted octanol–water partition coefficient (Wildman–Crippen LogP) is 3.12. The van der Waals surface area contributed by atoms with Crippen LogP contribution in [0.5, 0.6) is 0 Å². The number of aromatic amines is 1. The molecule has 2 aromatic heterocycles. The van der Waals surface area contributed by atoms with Gasteiger partial charge in [0.1, 0.15) is 0 Å². The van der Waals surface area contributed by atoms with E-state index in [2.05, 4.69) is 41.2 Å². The van der Waals surface area contributed by atoms with Crippen LogP contribution in [0.3, 0.4) is 0 Å². The summed E-state index contributed by atoms with van der Waals surface area (Å²) in [6.07, 6.45) is 1.72. The van der Waals surface area contributed by atoms with Gasteiger partial charge in [0, 0.05) is 22.8 Å². The standard InChI is InChI=1S/C14H13N3/c1-9-2-3-12-10(6-9)7-14(17-12)13-8-11(15)4-5-16-13/h2-8,17H,1H3,(H2,15,16). The van der Waals surface area contributed by atoms with E-state index in [0.717, 1.165) is 22.6 Å². The SMILES string of the molecule is Cc1ccc2[nH]c(-c3cc(N)ccn3)cc2c1. The molecule has 0 amide bonds. The molecule has 0 saturated carbocycles. The van der Waals surface area contributed by atoms with E-state index < -0.39 is 0 Å². The van der Waals surface area contributed by atoms with Crippen molar-refractivity contribution in [3.05, 3.63) is 48.2 Å². The number of aromatic nitrogens is 2. The second-order valence-corrected chi connectivity index (χ2v) is 4.25. The van der Waals surface area contributed by atoms with E-state index >= 15 is 0 Å². The summed E-state index contributed by atoms with van der Waals surface area (Å²) in [5, 5.41) is 1.20. The normalized spacial score (nSPS) is 10.9. The highest BCUT2D eigenvalue weighted by Gasteiger charge is 2.04. The highest BCUT2D eigenvalue weighted by atomic mass is 14.8. The second kappa shape index (κ2) is 3.63. The van der Waals surface area contributed by atoms with Gasteiger partial charge in [-0.05, 0) is 37.3 Å². The van der Waals surface area contributed by atoms with E-state index in [1.54, 1.807) is 12.3 Å². The Balaban J connectivity index is 2.18. The molecule has 0 aliphatic heterocycles. The zero-order valence-electron chi connectivity index (χ0n) is 9.57. The van der Waals surface area contributed by atoms with Crippen molar-refractivity contribution in [2.24, 2.45) is 0 Å². The Kier molecular flexibility index (Phi) is 2.11. The van der Waals surface area contributed by atoms with Crippen LogP contribution < -0.4 is 5.73 Å². The Labute approximate surface area is 99.3 Å². The summed E-state index contributed by atoms with van der Waals surface area (Å²) in [6.45, 7) is 2.09. The molecule has 3 nitrogen and oxygen atoms in total. The maximum atomic E-state index is 5.76. The van der Waals surface area contributed by atoms with Crippen molar-refractivity contribution in [1.82, 2.24) is 9.97 Å². The van der Waals surface area contributed by atoms with Crippen molar-refractivity contribution in [2.45, 2.75) is 6.92 Å². The fourth-order valence-corrected chi connectivity index (χ4v) is 1.98. The number of fused-ring (bicyclic) bond motifs is 1. The van der Waals surface area contributed by atoms with E-state index in [-0.39, 0.29) is 0 Å². The molecule has 1 aromatic carbocycles. The number of nitrogens with two attached hydrogens (primary N) is 1. The van der Waals surface area contributed by atoms with Gasteiger partial charge in [0.2, 0.25) is 0 Å². The van der Waals surface area contributed by atoms with Gasteiger partial charge in [0.15, 0.2) is 0 Å². The average molecular weight is 223 g/mol. The van der Waals surface area contributed by atoms with E-state index in [9.17, 15) is 0 Å². The Hall–Kier alpha value is -2.29. The third-order valence-corrected chi connectivity index (χ3v) is 2.84. The average Bonchev–Trinajstić information content (AvgIpc) is 2.72. The first-order valence-electron chi connectivity index (χ1n) is 5.54. The lowest BCUT2D eigenvalue weighted by molar-refractivity contribution is 1.29. The Morgan fingerprint density at radius 3 is 2.82 bits per heavy atom. The first-order valence-corrected chi connectivity index (χ1v) is 5.54. The third-order valence-electron chi connectivity index (χ3n) is 2.84. The number of hydrogen-bond donors (Lipinski definition) is 2. The van der Waals surface area contributed by atoms with Crippen molar-refractivity contribution in [2.75, 3.05) is 5.73 Å². The summed E-state index contributed by atoms with van der Waals surface area (Å²) < 4.78 is 0. The van der Waals surface area contributed by atoms with Gasteiger partial charge in [-0.25, -0.2) is 0 Å². The summed E-state index contributed by atoms with van der Waals surface area (Å²) in [6, 6.07) is 12.1. The summed E-state index contributed by atoms with van der Waals surface area (Å²) in [7, 11) is 0. The van der Waals surface area contributed by atoms with Crippen molar-refractivity contribution in [3.63, 3.8) is 0 Å². The molecule has 0 saturated heterocycles. The topological polar surface area (TPSA) is 54.7 Å². The van der Waals surface area contributed by atoms with Gasteiger partial charge in [-0.1, -0.05) is 11.6 Å². The van der Waals surface area contributed by atoms with E-state index in [4.69, 9.17) is 5.73 Å². The van der Waals surface area contributed by atoms with Crippen LogP contribution >= 0.6 is 0 Å². The molecule has 3 aromatic rings. The van der Waals surface area contributed by atoms with Crippen LogP contribution in [0.1, 0.15) is 5.56 Å². The smallest absolute Gasteiger partial charge is 0.0885 e. The molecule has 3 heteroatoms. The van der Waals surface area contributed by atoms with Crippen LogP contribution in [0.15, 0.2) is 42.6 Å². The Morgan fingerprint density at radius 1 is 1.12 bits per heavy atom. The molecule has 84 valence electrons. The van der Waals surface area contributed by atoms with Crippen molar-refractivity contribution < 1.29 is 0 Å². The monoisotopic (exact) mass is 223 g/mol. The number of H-pyrrole nitrogens is 1. The maximum Gasteiger partial charge on any atom is 0.0885 e. The molecule has 2 heterocycles. The van der Waals surface area contributed by atoms with E-state index in [0.29, 0.717) is 0 Å². The number of aryl methyl sites for hydroxylation is 1. The van der Waals surface area contributed by atoms with E-state index in [1.165, 1.54) is 10.9 Å². The summed E-state index contributed by atoms with van der Waals surface area (Å²) >= 11 is 0. The summed E-state index contributed by atoms with van der Waals surface area (Å²) in [5.74, 6) is 0. The molecule has 0 fully saturated rings. The molecular formula is C14H13N3. The molecule has 0 aliphatic rings. The van der Waals surface area contributed by atoms with Crippen LogP contribution in [0.4, 0.5) is 5.69 Å². The van der Waals surface area contributed by atoms with Gasteiger partial charge < -0.3 is 10.7 Å². The first kappa shape index (κ1) is 9.90. The Morgan fingerprint density at radius 2 is 2.00 bits per heavy atom. The lowest BCUT2D eigenvalue weighted by Gasteiger charge is -1.97. The minimum Gasteiger partial charge on any atom is -0.399 e. The number of hydrogen-bond acceptors (Lipinski definition) is 2. The highest BCUT2D eigenvalue weighted by Crippen LogP contribution is 2.24. The van der Waals surface area contributed by atoms with Crippen LogP contribution in [-0.2, 0) is 0 Å². The maximum absolute atomic E-state index is 5.76. The Bertz CT molecular complexity index is 683. The van der Waals surface area contributed by atoms with Gasteiger partial charge >= 0.3 is 0 Å². The molecule has 0 atom stereocenters. The highest BCUT2D eigenvalue weighted by molar-refractivity contribution is 5.86. The molecule has 0 unspecified atom stereocenters. The second-order valence-electron chi connectivity index (χ2n) is 4.25. The zero-order chi connectivity index (χ0) is 11.8. The quantitative estimate of drug-likeness (QED) is 0.666. The molecule has 0 spiro atoms. The van der Waals surface area contributed by atoms with Gasteiger partial charge in [-0.3, -0.25) is 4.98 Å². The number of rotatable bonds is 1. The van der Waals surface area contributed by atoms with Gasteiger partial charge in [-0.15, -0.1) is 0 Å². The molecular weight excluding hydrogens is 210 g/mol. The van der Waals surface area contributed by atoms with Crippen molar-refractivity contribution >= 4 is 16.6 Å². The summed E-state index contributed by atoms with van der Waals surface area (Å²) in [4.78, 5) is 7.66. The number of nitrogen functional groups attached to an aromatic ring is 1. The fraction of sp³-hybridized carbons (Fsp3) is 0.0714. The van der Waals surface area contributed by atoms with Crippen LogP contribution in [0.2, 0.25) is 0 Å². The number of pyridine rings is 1.